The molecule has 0 spiro atoms. The Labute approximate surface area is 146 Å². The molecule has 0 aromatic heterocycles. The van der Waals surface area contributed by atoms with E-state index in [0.717, 1.165) is 10.2 Å². The van der Waals surface area contributed by atoms with E-state index in [0.29, 0.717) is 11.5 Å². The molecule has 0 saturated heterocycles. The Hall–Kier alpha value is -1.74. The van der Waals surface area contributed by atoms with Crippen molar-refractivity contribution < 1.29 is 9.05 Å². The second-order valence-electron chi connectivity index (χ2n) is 4.79. The van der Waals surface area contributed by atoms with Crippen molar-refractivity contribution in [2.75, 3.05) is 0 Å². The Bertz CT molecular complexity index is 777. The lowest BCUT2D eigenvalue weighted by Gasteiger charge is -2.25. The van der Waals surface area contributed by atoms with Gasteiger partial charge in [0.05, 0.1) is 5.30 Å². The first-order valence-electron chi connectivity index (χ1n) is 7.05. The summed E-state index contributed by atoms with van der Waals surface area (Å²) in [6.07, 6.45) is 0. The number of para-hydroxylation sites is 2. The minimum absolute atomic E-state index is 0.684. The standard InChI is InChI=1S/C18H15O2PS2/c22-18-14-8-7-13-17(18)21(23,19-15-9-3-1-4-10-15)20-16-11-5-2-6-12-16/h1-14,22H. The van der Waals surface area contributed by atoms with Gasteiger partial charge in [0.1, 0.15) is 11.5 Å². The van der Waals surface area contributed by atoms with Crippen molar-refractivity contribution in [3.8, 4) is 11.5 Å². The van der Waals surface area contributed by atoms with Crippen LogP contribution in [0.2, 0.25) is 0 Å². The van der Waals surface area contributed by atoms with Crippen molar-refractivity contribution >= 4 is 36.2 Å². The maximum absolute atomic E-state index is 6.13. The lowest BCUT2D eigenvalue weighted by atomic mass is 10.3. The van der Waals surface area contributed by atoms with Crippen LogP contribution in [0.1, 0.15) is 0 Å². The topological polar surface area (TPSA) is 18.5 Å². The molecular weight excluding hydrogens is 343 g/mol. The zero-order valence-corrected chi connectivity index (χ0v) is 14.8. The highest BCUT2D eigenvalue weighted by atomic mass is 32.5. The predicted octanol–water partition coefficient (Wildman–Crippen LogP) is 5.07. The fraction of sp³-hybridized carbons (Fsp3) is 0. The van der Waals surface area contributed by atoms with Crippen molar-refractivity contribution in [2.45, 2.75) is 4.90 Å². The van der Waals surface area contributed by atoms with Gasteiger partial charge in [-0.05, 0) is 48.2 Å². The Balaban J connectivity index is 2.02. The average molecular weight is 358 g/mol. The Morgan fingerprint density at radius 1 is 0.652 bits per heavy atom. The van der Waals surface area contributed by atoms with E-state index < -0.39 is 6.49 Å². The van der Waals surface area contributed by atoms with E-state index in [-0.39, 0.29) is 0 Å². The van der Waals surface area contributed by atoms with Gasteiger partial charge >= 0.3 is 6.49 Å². The first-order valence-corrected chi connectivity index (χ1v) is 10.1. The molecule has 0 fully saturated rings. The minimum atomic E-state index is -2.80. The molecule has 0 aliphatic heterocycles. The molecule has 0 amide bonds. The summed E-state index contributed by atoms with van der Waals surface area (Å²) in [5, 5.41) is 0.797. The molecule has 0 radical (unpaired) electrons. The molecule has 3 aromatic rings. The van der Waals surface area contributed by atoms with Crippen LogP contribution in [0.4, 0.5) is 0 Å². The van der Waals surface area contributed by atoms with Crippen molar-refractivity contribution in [3.63, 3.8) is 0 Å². The molecule has 23 heavy (non-hydrogen) atoms. The van der Waals surface area contributed by atoms with E-state index in [4.69, 9.17) is 20.9 Å². The van der Waals surface area contributed by atoms with Crippen LogP contribution in [0.5, 0.6) is 11.5 Å². The predicted molar refractivity (Wildman–Crippen MR) is 102 cm³/mol. The Morgan fingerprint density at radius 3 is 1.57 bits per heavy atom. The van der Waals surface area contributed by atoms with Crippen LogP contribution in [0.25, 0.3) is 0 Å². The van der Waals surface area contributed by atoms with Crippen LogP contribution in [-0.2, 0) is 11.8 Å². The average Bonchev–Trinajstić information content (AvgIpc) is 2.57. The summed E-state index contributed by atoms with van der Waals surface area (Å²) in [4.78, 5) is 0.766. The molecule has 5 heteroatoms. The molecule has 2 nitrogen and oxygen atoms in total. The van der Waals surface area contributed by atoms with Gasteiger partial charge in [0.15, 0.2) is 0 Å². The maximum atomic E-state index is 6.13. The highest BCUT2D eigenvalue weighted by Crippen LogP contribution is 2.49. The molecule has 0 bridgehead atoms. The molecule has 0 aliphatic rings. The van der Waals surface area contributed by atoms with E-state index >= 15 is 0 Å². The van der Waals surface area contributed by atoms with E-state index in [1.54, 1.807) is 0 Å². The number of thiol groups is 1. The first-order chi connectivity index (χ1) is 11.2. The van der Waals surface area contributed by atoms with Crippen LogP contribution in [0.3, 0.4) is 0 Å². The van der Waals surface area contributed by atoms with Gasteiger partial charge in [-0.25, -0.2) is 0 Å². The largest absolute Gasteiger partial charge is 0.432 e. The third-order valence-corrected chi connectivity index (χ3v) is 6.60. The van der Waals surface area contributed by atoms with E-state index in [9.17, 15) is 0 Å². The van der Waals surface area contributed by atoms with E-state index in [1.807, 2.05) is 84.9 Å². The summed E-state index contributed by atoms with van der Waals surface area (Å²) >= 11 is 10.4. The quantitative estimate of drug-likeness (QED) is 0.507. The molecule has 116 valence electrons. The van der Waals surface area contributed by atoms with Gasteiger partial charge in [-0.2, -0.15) is 0 Å². The number of benzene rings is 3. The van der Waals surface area contributed by atoms with Crippen molar-refractivity contribution in [1.29, 1.82) is 0 Å². The summed E-state index contributed by atoms with van der Waals surface area (Å²) in [5.41, 5.74) is 0. The second-order valence-corrected chi connectivity index (χ2v) is 8.56. The van der Waals surface area contributed by atoms with Gasteiger partial charge in [-0.15, -0.1) is 12.6 Å². The Morgan fingerprint density at radius 2 is 1.09 bits per heavy atom. The van der Waals surface area contributed by atoms with E-state index in [2.05, 4.69) is 12.6 Å². The lowest BCUT2D eigenvalue weighted by molar-refractivity contribution is 0.498. The minimum Gasteiger partial charge on any atom is -0.432 e. The lowest BCUT2D eigenvalue weighted by Crippen LogP contribution is -2.16. The molecule has 3 rings (SSSR count). The molecule has 0 heterocycles. The molecule has 0 saturated carbocycles. The maximum Gasteiger partial charge on any atom is 0.320 e. The third-order valence-electron chi connectivity index (χ3n) is 3.11. The van der Waals surface area contributed by atoms with Gasteiger partial charge in [0.25, 0.3) is 0 Å². The molecule has 0 atom stereocenters. The summed E-state index contributed by atoms with van der Waals surface area (Å²) in [6, 6.07) is 26.6. The fourth-order valence-corrected chi connectivity index (χ4v) is 5.46. The molecule has 3 aromatic carbocycles. The number of hydrogen-bond acceptors (Lipinski definition) is 4. The highest BCUT2D eigenvalue weighted by molar-refractivity contribution is 8.14. The molecule has 0 N–H and O–H groups in total. The van der Waals surface area contributed by atoms with Crippen LogP contribution >= 0.6 is 19.1 Å². The van der Waals surface area contributed by atoms with Crippen LogP contribution in [-0.4, -0.2) is 0 Å². The van der Waals surface area contributed by atoms with Gasteiger partial charge in [-0.1, -0.05) is 48.5 Å². The van der Waals surface area contributed by atoms with Gasteiger partial charge in [0, 0.05) is 4.90 Å². The summed E-state index contributed by atoms with van der Waals surface area (Å²) in [6.45, 7) is -2.80. The van der Waals surface area contributed by atoms with Gasteiger partial charge in [-0.3, -0.25) is 0 Å². The van der Waals surface area contributed by atoms with Crippen LogP contribution in [0, 0.1) is 0 Å². The van der Waals surface area contributed by atoms with Crippen LogP contribution in [0.15, 0.2) is 89.8 Å². The molecule has 0 unspecified atom stereocenters. The first kappa shape index (κ1) is 16.1. The van der Waals surface area contributed by atoms with E-state index in [1.165, 1.54) is 0 Å². The number of rotatable bonds is 5. The molecule has 0 aliphatic carbocycles. The summed E-state index contributed by atoms with van der Waals surface area (Å²) in [7, 11) is 0. The number of hydrogen-bond donors (Lipinski definition) is 1. The smallest absolute Gasteiger partial charge is 0.320 e. The molecular formula is C18H15O2PS2. The monoisotopic (exact) mass is 358 g/mol. The zero-order chi connectivity index (χ0) is 16.1. The highest BCUT2D eigenvalue weighted by Gasteiger charge is 2.27. The zero-order valence-electron chi connectivity index (χ0n) is 12.2. The fourth-order valence-electron chi connectivity index (χ4n) is 2.05. The van der Waals surface area contributed by atoms with Gasteiger partial charge in [0.2, 0.25) is 0 Å². The van der Waals surface area contributed by atoms with Crippen molar-refractivity contribution in [1.82, 2.24) is 0 Å². The SMILES string of the molecule is S=P(Oc1ccccc1)(Oc1ccccc1)c1ccccc1S. The third kappa shape index (κ3) is 3.97. The van der Waals surface area contributed by atoms with Gasteiger partial charge < -0.3 is 9.05 Å². The van der Waals surface area contributed by atoms with Crippen molar-refractivity contribution in [3.05, 3.63) is 84.9 Å². The van der Waals surface area contributed by atoms with Crippen LogP contribution < -0.4 is 14.4 Å². The second kappa shape index (κ2) is 7.22. The summed E-state index contributed by atoms with van der Waals surface area (Å²) < 4.78 is 12.3. The Kier molecular flexibility index (Phi) is 5.06. The normalized spacial score (nSPS) is 11.0. The summed E-state index contributed by atoms with van der Waals surface area (Å²) in [5.74, 6) is 1.37. The van der Waals surface area contributed by atoms with Crippen molar-refractivity contribution in [2.24, 2.45) is 0 Å².